The van der Waals surface area contributed by atoms with Gasteiger partial charge in [0.1, 0.15) is 6.07 Å². The average Bonchev–Trinajstić information content (AvgIpc) is 2.73. The van der Waals surface area contributed by atoms with Crippen molar-refractivity contribution >= 4 is 33.2 Å². The molecule has 0 bridgehead atoms. The number of hydrogen-bond donors (Lipinski definition) is 1. The molecule has 7 nitrogen and oxygen atoms in total. The molecule has 0 aromatic heterocycles. The lowest BCUT2D eigenvalue weighted by atomic mass is 10.2. The third-order valence-corrected chi connectivity index (χ3v) is 6.81. The normalized spacial score (nSPS) is 15.1. The number of amides is 1. The zero-order chi connectivity index (χ0) is 20.1. The zero-order valence-electron chi connectivity index (χ0n) is 15.0. The molecule has 28 heavy (non-hydrogen) atoms. The van der Waals surface area contributed by atoms with Gasteiger partial charge in [0.2, 0.25) is 15.9 Å². The Kier molecular flexibility index (Phi) is 6.19. The summed E-state index contributed by atoms with van der Waals surface area (Å²) in [7, 11) is -3.78. The summed E-state index contributed by atoms with van der Waals surface area (Å²) in [6.45, 7) is 1.02. The molecule has 146 valence electrons. The van der Waals surface area contributed by atoms with Crippen molar-refractivity contribution in [3.63, 3.8) is 0 Å². The van der Waals surface area contributed by atoms with Crippen molar-refractivity contribution in [2.45, 2.75) is 4.90 Å². The smallest absolute Gasteiger partial charge is 0.244 e. The van der Waals surface area contributed by atoms with Gasteiger partial charge in [-0.15, -0.1) is 0 Å². The minimum Gasteiger partial charge on any atom is -0.375 e. The van der Waals surface area contributed by atoms with Crippen LogP contribution in [0.1, 0.15) is 5.56 Å². The summed E-state index contributed by atoms with van der Waals surface area (Å²) in [5.74, 6) is -0.130. The van der Waals surface area contributed by atoms with Crippen molar-refractivity contribution in [3.05, 3.63) is 59.1 Å². The zero-order valence-corrected chi connectivity index (χ0v) is 16.6. The van der Waals surface area contributed by atoms with Crippen LogP contribution in [0.25, 0.3) is 0 Å². The van der Waals surface area contributed by atoms with Gasteiger partial charge in [0.15, 0.2) is 0 Å². The minimum absolute atomic E-state index is 0.00216. The molecule has 1 aliphatic rings. The van der Waals surface area contributed by atoms with Gasteiger partial charge in [0.05, 0.1) is 27.7 Å². The molecule has 9 heteroatoms. The number of carbonyl (C=O) groups is 1. The van der Waals surface area contributed by atoms with Gasteiger partial charge >= 0.3 is 0 Å². The number of carbonyl (C=O) groups excluding carboxylic acids is 1. The molecule has 1 aliphatic heterocycles. The first-order valence-electron chi connectivity index (χ1n) is 8.69. The van der Waals surface area contributed by atoms with E-state index in [0.717, 1.165) is 0 Å². The first-order valence-corrected chi connectivity index (χ1v) is 10.5. The lowest BCUT2D eigenvalue weighted by Crippen LogP contribution is -2.51. The van der Waals surface area contributed by atoms with Gasteiger partial charge in [-0.2, -0.15) is 9.57 Å². The molecule has 1 amide bonds. The number of hydrogen-bond acceptors (Lipinski definition) is 5. The van der Waals surface area contributed by atoms with Crippen LogP contribution < -0.4 is 5.32 Å². The molecule has 1 fully saturated rings. The Morgan fingerprint density at radius 2 is 1.71 bits per heavy atom. The summed E-state index contributed by atoms with van der Waals surface area (Å²) in [5.41, 5.74) is 0.789. The number of nitrogens with one attached hydrogen (secondary N) is 1. The summed E-state index contributed by atoms with van der Waals surface area (Å²) in [6, 6.07) is 15.2. The molecule has 0 aliphatic carbocycles. The number of piperazine rings is 1. The Hall–Kier alpha value is -2.60. The number of anilines is 1. The molecule has 3 rings (SSSR count). The highest BCUT2D eigenvalue weighted by atomic mass is 35.5. The van der Waals surface area contributed by atoms with Crippen molar-refractivity contribution < 1.29 is 13.2 Å². The Bertz CT molecular complexity index is 1010. The molecular formula is C19H19ClN4O3S. The Balaban J connectivity index is 1.60. The number of rotatable bonds is 5. The van der Waals surface area contributed by atoms with Crippen LogP contribution in [0.4, 0.5) is 5.69 Å². The van der Waals surface area contributed by atoms with Gasteiger partial charge < -0.3 is 10.2 Å². The monoisotopic (exact) mass is 418 g/mol. The minimum atomic E-state index is -3.78. The molecule has 0 atom stereocenters. The molecular weight excluding hydrogens is 400 g/mol. The average molecular weight is 419 g/mol. The van der Waals surface area contributed by atoms with E-state index in [9.17, 15) is 13.2 Å². The fourth-order valence-electron chi connectivity index (χ4n) is 2.99. The van der Waals surface area contributed by atoms with Crippen LogP contribution in [0, 0.1) is 11.3 Å². The number of para-hydroxylation sites is 1. The SMILES string of the molecule is N#Cc1ccccc1S(=O)(=O)N1CCN(C(=O)CNc2ccccc2Cl)CC1. The standard InChI is InChI=1S/C19H19ClN4O3S/c20-16-6-2-3-7-17(16)22-14-19(25)23-9-11-24(12-10-23)28(26,27)18-8-4-1-5-15(18)13-21/h1-8,22H,9-12,14H2. The van der Waals surface area contributed by atoms with E-state index in [2.05, 4.69) is 5.32 Å². The van der Waals surface area contributed by atoms with E-state index in [1.54, 1.807) is 35.2 Å². The van der Waals surface area contributed by atoms with Gasteiger partial charge in [-0.25, -0.2) is 8.42 Å². The van der Waals surface area contributed by atoms with Gasteiger partial charge in [-0.3, -0.25) is 4.79 Å². The van der Waals surface area contributed by atoms with E-state index >= 15 is 0 Å². The second-order valence-corrected chi connectivity index (χ2v) is 8.54. The maximum Gasteiger partial charge on any atom is 0.244 e. The fraction of sp³-hybridized carbons (Fsp3) is 0.263. The summed E-state index contributed by atoms with van der Waals surface area (Å²) in [6.07, 6.45) is 0. The number of sulfonamides is 1. The second kappa shape index (κ2) is 8.61. The molecule has 0 saturated carbocycles. The van der Waals surface area contributed by atoms with Crippen LogP contribution >= 0.6 is 11.6 Å². The first-order chi connectivity index (χ1) is 13.4. The van der Waals surface area contributed by atoms with E-state index in [1.165, 1.54) is 16.4 Å². The van der Waals surface area contributed by atoms with Crippen LogP contribution in [0.3, 0.4) is 0 Å². The summed E-state index contributed by atoms with van der Waals surface area (Å²) >= 11 is 6.06. The van der Waals surface area contributed by atoms with E-state index in [1.807, 2.05) is 12.1 Å². The molecule has 1 heterocycles. The van der Waals surface area contributed by atoms with Crippen LogP contribution in [-0.2, 0) is 14.8 Å². The van der Waals surface area contributed by atoms with Crippen molar-refractivity contribution in [2.75, 3.05) is 38.0 Å². The maximum atomic E-state index is 12.8. The summed E-state index contributed by atoms with van der Waals surface area (Å²) < 4.78 is 27.0. The highest BCUT2D eigenvalue weighted by molar-refractivity contribution is 7.89. The molecule has 0 spiro atoms. The molecule has 2 aromatic carbocycles. The largest absolute Gasteiger partial charge is 0.375 e. The summed E-state index contributed by atoms with van der Waals surface area (Å²) in [4.78, 5) is 14.0. The Morgan fingerprint density at radius 3 is 2.39 bits per heavy atom. The van der Waals surface area contributed by atoms with E-state index in [-0.39, 0.29) is 49.1 Å². The second-order valence-electron chi connectivity index (χ2n) is 6.23. The summed E-state index contributed by atoms with van der Waals surface area (Å²) in [5, 5.41) is 12.7. The number of benzene rings is 2. The van der Waals surface area contributed by atoms with Gasteiger partial charge in [-0.1, -0.05) is 35.9 Å². The molecule has 0 radical (unpaired) electrons. The quantitative estimate of drug-likeness (QED) is 0.803. The molecule has 1 saturated heterocycles. The Morgan fingerprint density at radius 1 is 1.07 bits per heavy atom. The van der Waals surface area contributed by atoms with Gasteiger partial charge in [0, 0.05) is 26.2 Å². The van der Waals surface area contributed by atoms with Crippen molar-refractivity contribution in [1.82, 2.24) is 9.21 Å². The highest BCUT2D eigenvalue weighted by Gasteiger charge is 2.31. The highest BCUT2D eigenvalue weighted by Crippen LogP contribution is 2.22. The lowest BCUT2D eigenvalue weighted by Gasteiger charge is -2.34. The lowest BCUT2D eigenvalue weighted by molar-refractivity contribution is -0.130. The van der Waals surface area contributed by atoms with Crippen molar-refractivity contribution in [3.8, 4) is 6.07 Å². The predicted molar refractivity (Wildman–Crippen MR) is 106 cm³/mol. The van der Waals surface area contributed by atoms with Crippen LogP contribution in [0.5, 0.6) is 0 Å². The maximum absolute atomic E-state index is 12.8. The predicted octanol–water partition coefficient (Wildman–Crippen LogP) is 2.16. The number of nitrogens with zero attached hydrogens (tertiary/aromatic N) is 3. The Labute approximate surface area is 169 Å². The molecule has 0 unspecified atom stereocenters. The van der Waals surface area contributed by atoms with Crippen molar-refractivity contribution in [2.24, 2.45) is 0 Å². The van der Waals surface area contributed by atoms with Crippen LogP contribution in [-0.4, -0.2) is 56.3 Å². The fourth-order valence-corrected chi connectivity index (χ4v) is 4.75. The number of halogens is 1. The van der Waals surface area contributed by atoms with E-state index in [4.69, 9.17) is 16.9 Å². The molecule has 2 aromatic rings. The first kappa shape index (κ1) is 20.1. The number of nitriles is 1. The van der Waals surface area contributed by atoms with Crippen molar-refractivity contribution in [1.29, 1.82) is 5.26 Å². The topological polar surface area (TPSA) is 93.5 Å². The van der Waals surface area contributed by atoms with Gasteiger partial charge in [-0.05, 0) is 24.3 Å². The third kappa shape index (κ3) is 4.28. The van der Waals surface area contributed by atoms with Crippen LogP contribution in [0.2, 0.25) is 5.02 Å². The van der Waals surface area contributed by atoms with Gasteiger partial charge in [0.25, 0.3) is 0 Å². The van der Waals surface area contributed by atoms with E-state index in [0.29, 0.717) is 10.7 Å². The third-order valence-electron chi connectivity index (χ3n) is 4.52. The van der Waals surface area contributed by atoms with E-state index < -0.39 is 10.0 Å². The molecule has 1 N–H and O–H groups in total. The van der Waals surface area contributed by atoms with Crippen LogP contribution in [0.15, 0.2) is 53.4 Å².